The largest absolute Gasteiger partial charge is 0.465 e. The van der Waals surface area contributed by atoms with Crippen molar-refractivity contribution in [2.24, 2.45) is 0 Å². The van der Waals surface area contributed by atoms with E-state index in [0.29, 0.717) is 19.2 Å². The Labute approximate surface area is 86.2 Å². The van der Waals surface area contributed by atoms with Crippen LogP contribution >= 0.6 is 0 Å². The molecule has 0 aromatic carbocycles. The summed E-state index contributed by atoms with van der Waals surface area (Å²) in [7, 11) is 0. The van der Waals surface area contributed by atoms with E-state index in [1.807, 2.05) is 0 Å². The number of ether oxygens (including phenoxy) is 1. The number of unbranched alkanes of at least 4 members (excludes halogenated alkanes) is 1. The van der Waals surface area contributed by atoms with Gasteiger partial charge in [-0.15, -0.1) is 0 Å². The molecule has 0 unspecified atom stereocenters. The molecule has 0 spiro atoms. The Kier molecular flexibility index (Phi) is 5.60. The number of carbonyl (C=O) groups excluding carboxylic acids is 1. The summed E-state index contributed by atoms with van der Waals surface area (Å²) in [6.45, 7) is 3.04. The fraction of sp³-hybridized carbons (Fsp3) is 0.909. The third-order valence-electron chi connectivity index (χ3n) is 2.65. The van der Waals surface area contributed by atoms with E-state index in [4.69, 9.17) is 4.74 Å². The molecule has 0 aromatic heterocycles. The normalized spacial score (nSPS) is 17.2. The summed E-state index contributed by atoms with van der Waals surface area (Å²) >= 11 is 0. The van der Waals surface area contributed by atoms with Gasteiger partial charge in [0.2, 0.25) is 0 Å². The van der Waals surface area contributed by atoms with Crippen molar-refractivity contribution in [3.63, 3.8) is 0 Å². The lowest BCUT2D eigenvalue weighted by Gasteiger charge is -2.10. The minimum Gasteiger partial charge on any atom is -0.465 e. The Morgan fingerprint density at radius 3 is 2.79 bits per heavy atom. The minimum absolute atomic E-state index is 0.106. The first-order valence-corrected chi connectivity index (χ1v) is 5.72. The smallest absolute Gasteiger partial charge is 0.319 e. The van der Waals surface area contributed by atoms with Gasteiger partial charge in [0.1, 0.15) is 0 Å². The van der Waals surface area contributed by atoms with Gasteiger partial charge < -0.3 is 10.1 Å². The maximum atomic E-state index is 11.2. The van der Waals surface area contributed by atoms with Crippen LogP contribution in [0.3, 0.4) is 0 Å². The molecule has 0 bridgehead atoms. The highest BCUT2D eigenvalue weighted by Crippen LogP contribution is 2.17. The van der Waals surface area contributed by atoms with Crippen LogP contribution < -0.4 is 5.32 Å². The number of esters is 1. The van der Waals surface area contributed by atoms with Crippen LogP contribution in [0.25, 0.3) is 0 Å². The van der Waals surface area contributed by atoms with E-state index in [-0.39, 0.29) is 5.97 Å². The van der Waals surface area contributed by atoms with Crippen LogP contribution in [0.5, 0.6) is 0 Å². The van der Waals surface area contributed by atoms with Crippen molar-refractivity contribution in [1.29, 1.82) is 0 Å². The minimum atomic E-state index is -0.106. The van der Waals surface area contributed by atoms with Crippen molar-refractivity contribution in [2.75, 3.05) is 13.2 Å². The molecule has 0 atom stereocenters. The average Bonchev–Trinajstić information content (AvgIpc) is 2.68. The van der Waals surface area contributed by atoms with Gasteiger partial charge in [-0.05, 0) is 19.3 Å². The second-order valence-corrected chi connectivity index (χ2v) is 3.94. The number of nitrogens with one attached hydrogen (secondary N) is 1. The number of hydrogen-bond donors (Lipinski definition) is 1. The topological polar surface area (TPSA) is 38.3 Å². The monoisotopic (exact) mass is 199 g/mol. The number of hydrogen-bond acceptors (Lipinski definition) is 3. The summed E-state index contributed by atoms with van der Waals surface area (Å²) in [5, 5.41) is 3.23. The SMILES string of the molecule is CCCCOC(=O)CNC1CCCC1. The lowest BCUT2D eigenvalue weighted by atomic mass is 10.2. The second-order valence-electron chi connectivity index (χ2n) is 3.94. The molecule has 0 aromatic rings. The Morgan fingerprint density at radius 1 is 1.43 bits per heavy atom. The van der Waals surface area contributed by atoms with E-state index in [2.05, 4.69) is 12.2 Å². The van der Waals surface area contributed by atoms with Gasteiger partial charge in [-0.2, -0.15) is 0 Å². The third-order valence-corrected chi connectivity index (χ3v) is 2.65. The van der Waals surface area contributed by atoms with Gasteiger partial charge >= 0.3 is 5.97 Å². The zero-order valence-electron chi connectivity index (χ0n) is 9.05. The number of carbonyl (C=O) groups is 1. The highest BCUT2D eigenvalue weighted by atomic mass is 16.5. The van der Waals surface area contributed by atoms with E-state index >= 15 is 0 Å². The molecule has 3 nitrogen and oxygen atoms in total. The highest BCUT2D eigenvalue weighted by molar-refractivity contribution is 5.71. The first-order chi connectivity index (χ1) is 6.83. The van der Waals surface area contributed by atoms with Gasteiger partial charge in [0, 0.05) is 6.04 Å². The molecule has 0 heterocycles. The van der Waals surface area contributed by atoms with Crippen LogP contribution in [0.2, 0.25) is 0 Å². The summed E-state index contributed by atoms with van der Waals surface area (Å²) in [6, 6.07) is 0.550. The highest BCUT2D eigenvalue weighted by Gasteiger charge is 2.15. The molecule has 1 N–H and O–H groups in total. The van der Waals surface area contributed by atoms with Crippen molar-refractivity contribution in [3.8, 4) is 0 Å². The van der Waals surface area contributed by atoms with Gasteiger partial charge in [0.15, 0.2) is 0 Å². The molecular weight excluding hydrogens is 178 g/mol. The van der Waals surface area contributed by atoms with E-state index in [1.165, 1.54) is 25.7 Å². The molecule has 1 saturated carbocycles. The lowest BCUT2D eigenvalue weighted by Crippen LogP contribution is -2.32. The van der Waals surface area contributed by atoms with Gasteiger partial charge in [-0.3, -0.25) is 4.79 Å². The van der Waals surface area contributed by atoms with Crippen LogP contribution in [0.15, 0.2) is 0 Å². The van der Waals surface area contributed by atoms with E-state index in [1.54, 1.807) is 0 Å². The van der Waals surface area contributed by atoms with Crippen molar-refractivity contribution in [2.45, 2.75) is 51.5 Å². The summed E-state index contributed by atoms with van der Waals surface area (Å²) < 4.78 is 5.04. The molecule has 0 radical (unpaired) electrons. The summed E-state index contributed by atoms with van der Waals surface area (Å²) in [4.78, 5) is 11.2. The predicted octanol–water partition coefficient (Wildman–Crippen LogP) is 1.86. The molecule has 0 aliphatic heterocycles. The molecule has 82 valence electrons. The molecule has 3 heteroatoms. The molecule has 0 amide bonds. The summed E-state index contributed by atoms with van der Waals surface area (Å²) in [5.74, 6) is -0.106. The zero-order chi connectivity index (χ0) is 10.2. The first kappa shape index (κ1) is 11.5. The standard InChI is InChI=1S/C11H21NO2/c1-2-3-8-14-11(13)9-12-10-6-4-5-7-10/h10,12H,2-9H2,1H3. The quantitative estimate of drug-likeness (QED) is 0.524. The van der Waals surface area contributed by atoms with Crippen LogP contribution in [0.4, 0.5) is 0 Å². The lowest BCUT2D eigenvalue weighted by molar-refractivity contribution is -0.142. The molecule has 0 saturated heterocycles. The molecule has 14 heavy (non-hydrogen) atoms. The van der Waals surface area contributed by atoms with Crippen LogP contribution in [0, 0.1) is 0 Å². The van der Waals surface area contributed by atoms with Gasteiger partial charge in [0.25, 0.3) is 0 Å². The average molecular weight is 199 g/mol. The van der Waals surface area contributed by atoms with Crippen LogP contribution in [-0.2, 0) is 9.53 Å². The maximum absolute atomic E-state index is 11.2. The molecular formula is C11H21NO2. The Morgan fingerprint density at radius 2 is 2.14 bits per heavy atom. The Balaban J connectivity index is 1.96. The van der Waals surface area contributed by atoms with E-state index < -0.39 is 0 Å². The van der Waals surface area contributed by atoms with Gasteiger partial charge in [-0.25, -0.2) is 0 Å². The fourth-order valence-electron chi connectivity index (χ4n) is 1.74. The Bertz CT molecular complexity index is 165. The molecule has 1 rings (SSSR count). The van der Waals surface area contributed by atoms with Crippen LogP contribution in [0.1, 0.15) is 45.4 Å². The first-order valence-electron chi connectivity index (χ1n) is 5.72. The number of rotatable bonds is 6. The van der Waals surface area contributed by atoms with Gasteiger partial charge in [0.05, 0.1) is 13.2 Å². The summed E-state index contributed by atoms with van der Waals surface area (Å²) in [6.07, 6.45) is 7.05. The fourth-order valence-corrected chi connectivity index (χ4v) is 1.74. The maximum Gasteiger partial charge on any atom is 0.319 e. The van der Waals surface area contributed by atoms with E-state index in [0.717, 1.165) is 12.8 Å². The van der Waals surface area contributed by atoms with Crippen molar-refractivity contribution < 1.29 is 9.53 Å². The van der Waals surface area contributed by atoms with Gasteiger partial charge in [-0.1, -0.05) is 26.2 Å². The summed E-state index contributed by atoms with van der Waals surface area (Å²) in [5.41, 5.74) is 0. The Hall–Kier alpha value is -0.570. The predicted molar refractivity (Wildman–Crippen MR) is 56.1 cm³/mol. The van der Waals surface area contributed by atoms with Crippen molar-refractivity contribution in [1.82, 2.24) is 5.32 Å². The van der Waals surface area contributed by atoms with Crippen molar-refractivity contribution >= 4 is 5.97 Å². The van der Waals surface area contributed by atoms with E-state index in [9.17, 15) is 4.79 Å². The second kappa shape index (κ2) is 6.82. The third kappa shape index (κ3) is 4.61. The molecule has 1 aliphatic rings. The molecule has 1 aliphatic carbocycles. The van der Waals surface area contributed by atoms with Crippen molar-refractivity contribution in [3.05, 3.63) is 0 Å². The zero-order valence-corrected chi connectivity index (χ0v) is 9.05. The molecule has 1 fully saturated rings. The van der Waals surface area contributed by atoms with Crippen LogP contribution in [-0.4, -0.2) is 25.2 Å².